The topological polar surface area (TPSA) is 78.9 Å². The highest BCUT2D eigenvalue weighted by Gasteiger charge is 2.37. The predicted molar refractivity (Wildman–Crippen MR) is 144 cm³/mol. The summed E-state index contributed by atoms with van der Waals surface area (Å²) in [5, 5.41) is 8.20. The van der Waals surface area contributed by atoms with Crippen LogP contribution in [0.3, 0.4) is 0 Å². The van der Waals surface area contributed by atoms with Gasteiger partial charge in [-0.05, 0) is 55.6 Å². The van der Waals surface area contributed by atoms with Gasteiger partial charge in [-0.3, -0.25) is 4.98 Å². The number of piperidine rings is 1. The molecule has 4 aromatic rings. The summed E-state index contributed by atoms with van der Waals surface area (Å²) in [6.45, 7) is 2.09. The Hall–Kier alpha value is -4.10. The molecule has 1 aliphatic carbocycles. The van der Waals surface area contributed by atoms with Gasteiger partial charge in [0.15, 0.2) is 5.82 Å². The molecule has 5 heterocycles. The molecule has 2 unspecified atom stereocenters. The van der Waals surface area contributed by atoms with Gasteiger partial charge in [0.2, 0.25) is 0 Å². The minimum absolute atomic E-state index is 0.448. The van der Waals surface area contributed by atoms with Gasteiger partial charge in [-0.15, -0.1) is 0 Å². The Morgan fingerprint density at radius 1 is 1.03 bits per heavy atom. The molecule has 2 fully saturated rings. The van der Waals surface area contributed by atoms with Gasteiger partial charge in [-0.2, -0.15) is 0 Å². The Morgan fingerprint density at radius 3 is 2.81 bits per heavy atom. The van der Waals surface area contributed by atoms with Gasteiger partial charge < -0.3 is 15.5 Å². The zero-order chi connectivity index (χ0) is 23.9. The van der Waals surface area contributed by atoms with Crippen LogP contribution in [0.15, 0.2) is 79.3 Å². The van der Waals surface area contributed by atoms with Crippen molar-refractivity contribution in [1.29, 1.82) is 0 Å². The third-order valence-electron chi connectivity index (χ3n) is 7.42. The first kappa shape index (κ1) is 21.2. The first-order chi connectivity index (χ1) is 17.8. The molecule has 0 amide bonds. The molecule has 0 radical (unpaired) electrons. The van der Waals surface area contributed by atoms with Crippen LogP contribution in [0.5, 0.6) is 0 Å². The largest absolute Gasteiger partial charge is 0.351 e. The standard InChI is InChI=1S/C29H27N7/c1-2-8-21(9-3-1)33-26-16-20(11-14-32-26)28-34-24-18-30-17-22(19-6-4-7-19)27(24)29(35-28)36-15-12-23-25(36)10-5-13-31-23/h1-4,6-9,11,14,16-18,23,25,31H,5,10,12-13,15H2,(H,32,33). The molecule has 0 saturated carbocycles. The fourth-order valence-corrected chi connectivity index (χ4v) is 5.61. The van der Waals surface area contributed by atoms with Crippen molar-refractivity contribution in [2.75, 3.05) is 23.3 Å². The fourth-order valence-electron chi connectivity index (χ4n) is 5.61. The van der Waals surface area contributed by atoms with E-state index in [9.17, 15) is 0 Å². The van der Waals surface area contributed by atoms with Crippen molar-refractivity contribution in [3.05, 3.63) is 84.8 Å². The summed E-state index contributed by atoms with van der Waals surface area (Å²) >= 11 is 0. The van der Waals surface area contributed by atoms with E-state index < -0.39 is 0 Å². The summed E-state index contributed by atoms with van der Waals surface area (Å²) < 4.78 is 0. The summed E-state index contributed by atoms with van der Waals surface area (Å²) in [7, 11) is 0. The van der Waals surface area contributed by atoms with Crippen molar-refractivity contribution < 1.29 is 0 Å². The number of pyridine rings is 2. The van der Waals surface area contributed by atoms with Gasteiger partial charge in [0.1, 0.15) is 11.6 Å². The lowest BCUT2D eigenvalue weighted by atomic mass is 9.96. The Balaban J connectivity index is 1.35. The number of para-hydroxylation sites is 1. The highest BCUT2D eigenvalue weighted by Crippen LogP contribution is 2.39. The van der Waals surface area contributed by atoms with E-state index in [4.69, 9.17) is 9.97 Å². The lowest BCUT2D eigenvalue weighted by Gasteiger charge is -2.34. The van der Waals surface area contributed by atoms with Gasteiger partial charge in [0.05, 0.1) is 17.1 Å². The molecule has 0 spiro atoms. The van der Waals surface area contributed by atoms with E-state index >= 15 is 0 Å². The second-order valence-electron chi connectivity index (χ2n) is 9.61. The Bertz CT molecular complexity index is 1490. The quantitative estimate of drug-likeness (QED) is 0.417. The van der Waals surface area contributed by atoms with Crippen LogP contribution in [-0.4, -0.2) is 45.1 Å². The highest BCUT2D eigenvalue weighted by molar-refractivity contribution is 6.02. The van der Waals surface area contributed by atoms with Crippen molar-refractivity contribution in [3.63, 3.8) is 0 Å². The maximum atomic E-state index is 5.25. The summed E-state index contributed by atoms with van der Waals surface area (Å²) in [6.07, 6.45) is 15.5. The van der Waals surface area contributed by atoms with E-state index in [1.54, 1.807) is 0 Å². The van der Waals surface area contributed by atoms with Crippen molar-refractivity contribution in [2.24, 2.45) is 0 Å². The van der Waals surface area contributed by atoms with Crippen LogP contribution in [0.2, 0.25) is 0 Å². The minimum atomic E-state index is 0.448. The number of anilines is 3. The molecule has 36 heavy (non-hydrogen) atoms. The lowest BCUT2D eigenvalue weighted by Crippen LogP contribution is -2.47. The van der Waals surface area contributed by atoms with Crippen molar-refractivity contribution >= 4 is 33.8 Å². The second-order valence-corrected chi connectivity index (χ2v) is 9.61. The predicted octanol–water partition coefficient (Wildman–Crippen LogP) is 5.11. The van der Waals surface area contributed by atoms with Crippen molar-refractivity contribution in [3.8, 4) is 11.4 Å². The molecule has 3 aliphatic rings. The molecule has 2 saturated heterocycles. The molecular formula is C29H27N7. The van der Waals surface area contributed by atoms with Crippen LogP contribution in [0, 0.1) is 0 Å². The highest BCUT2D eigenvalue weighted by atomic mass is 15.3. The summed E-state index contributed by atoms with van der Waals surface area (Å²) in [4.78, 5) is 21.8. The normalized spacial score (nSPS) is 20.7. The molecule has 178 valence electrons. The zero-order valence-corrected chi connectivity index (χ0v) is 19.9. The minimum Gasteiger partial charge on any atom is -0.351 e. The van der Waals surface area contributed by atoms with Gasteiger partial charge >= 0.3 is 0 Å². The number of benzene rings is 1. The van der Waals surface area contributed by atoms with Gasteiger partial charge in [0.25, 0.3) is 0 Å². The van der Waals surface area contributed by atoms with Crippen LogP contribution in [-0.2, 0) is 0 Å². The monoisotopic (exact) mass is 473 g/mol. The van der Waals surface area contributed by atoms with Crippen molar-refractivity contribution in [2.45, 2.75) is 31.3 Å². The SMILES string of the molecule is C1=CC(c2cncc3nc(-c4ccnc(Nc5ccccc5)c4)nc(N4CCC5NCCCC54)c23)=C1. The zero-order valence-electron chi connectivity index (χ0n) is 19.9. The summed E-state index contributed by atoms with van der Waals surface area (Å²) in [5.74, 6) is 2.47. The van der Waals surface area contributed by atoms with Crippen LogP contribution in [0.1, 0.15) is 24.8 Å². The first-order valence-electron chi connectivity index (χ1n) is 12.7. The first-order valence-corrected chi connectivity index (χ1v) is 12.7. The van der Waals surface area contributed by atoms with E-state index in [2.05, 4.69) is 43.7 Å². The Labute approximate surface area is 210 Å². The van der Waals surface area contributed by atoms with E-state index in [-0.39, 0.29) is 0 Å². The number of nitrogens with one attached hydrogen (secondary N) is 2. The van der Waals surface area contributed by atoms with Gasteiger partial charge in [-0.1, -0.05) is 36.4 Å². The molecule has 1 aromatic carbocycles. The smallest absolute Gasteiger partial charge is 0.162 e. The van der Waals surface area contributed by atoms with Crippen LogP contribution >= 0.6 is 0 Å². The number of fused-ring (bicyclic) bond motifs is 2. The molecule has 3 aromatic heterocycles. The molecular weight excluding hydrogens is 446 g/mol. The molecule has 2 N–H and O–H groups in total. The number of nitrogens with zero attached hydrogens (tertiary/aromatic N) is 5. The number of hydrogen-bond donors (Lipinski definition) is 2. The van der Waals surface area contributed by atoms with E-state index in [0.29, 0.717) is 17.9 Å². The average molecular weight is 474 g/mol. The van der Waals surface area contributed by atoms with Gasteiger partial charge in [-0.25, -0.2) is 15.0 Å². The molecule has 2 atom stereocenters. The van der Waals surface area contributed by atoms with E-state index in [1.165, 1.54) is 18.4 Å². The lowest BCUT2D eigenvalue weighted by molar-refractivity contribution is 0.382. The molecule has 2 aliphatic heterocycles. The van der Waals surface area contributed by atoms with Crippen LogP contribution in [0.4, 0.5) is 17.3 Å². The maximum Gasteiger partial charge on any atom is 0.162 e. The number of allylic oxidation sites excluding steroid dienone is 4. The molecule has 7 heteroatoms. The van der Waals surface area contributed by atoms with Gasteiger partial charge in [0, 0.05) is 47.8 Å². The fraction of sp³-hybridized carbons (Fsp3) is 0.241. The number of rotatable bonds is 5. The summed E-state index contributed by atoms with van der Waals surface area (Å²) in [5.41, 5.74) is 5.07. The third-order valence-corrected chi connectivity index (χ3v) is 7.42. The number of aromatic nitrogens is 4. The molecule has 7 rings (SSSR count). The second kappa shape index (κ2) is 8.84. The van der Waals surface area contributed by atoms with Crippen LogP contribution in [0.25, 0.3) is 27.9 Å². The van der Waals surface area contributed by atoms with Crippen molar-refractivity contribution in [1.82, 2.24) is 25.3 Å². The molecule has 0 bridgehead atoms. The Morgan fingerprint density at radius 2 is 1.94 bits per heavy atom. The van der Waals surface area contributed by atoms with E-state index in [1.807, 2.05) is 61.1 Å². The Kier molecular flexibility index (Phi) is 5.21. The third kappa shape index (κ3) is 3.72. The average Bonchev–Trinajstić information content (AvgIpc) is 3.32. The number of hydrogen-bond acceptors (Lipinski definition) is 7. The summed E-state index contributed by atoms with van der Waals surface area (Å²) in [6, 6.07) is 15.0. The molecule has 7 nitrogen and oxygen atoms in total. The van der Waals surface area contributed by atoms with Crippen LogP contribution < -0.4 is 15.5 Å². The maximum absolute atomic E-state index is 5.25. The van der Waals surface area contributed by atoms with E-state index in [0.717, 1.165) is 58.9 Å².